The fourth-order valence-electron chi connectivity index (χ4n) is 1.59. The lowest BCUT2D eigenvalue weighted by Gasteiger charge is -2.05. The van der Waals surface area contributed by atoms with Gasteiger partial charge in [-0.25, -0.2) is 4.98 Å². The molecule has 0 aliphatic rings. The van der Waals surface area contributed by atoms with Crippen LogP contribution >= 0.6 is 0 Å². The van der Waals surface area contributed by atoms with Crippen molar-refractivity contribution in [3.05, 3.63) is 24.1 Å². The Hall–Kier alpha value is -1.84. The quantitative estimate of drug-likeness (QED) is 0.603. The van der Waals surface area contributed by atoms with Crippen LogP contribution in [0.15, 0.2) is 22.6 Å². The Bertz CT molecular complexity index is 543. The van der Waals surface area contributed by atoms with Crippen molar-refractivity contribution in [2.75, 3.05) is 0 Å². The summed E-state index contributed by atoms with van der Waals surface area (Å²) in [5.74, 6) is 1.17. The Labute approximate surface area is 99.6 Å². The molecule has 0 spiro atoms. The fraction of sp³-hybridized carbons (Fsp3) is 0.385. The van der Waals surface area contributed by atoms with E-state index in [1.807, 2.05) is 13.8 Å². The molecule has 0 aliphatic heterocycles. The zero-order valence-corrected chi connectivity index (χ0v) is 10.2. The van der Waals surface area contributed by atoms with Gasteiger partial charge in [-0.1, -0.05) is 13.8 Å². The standard InChI is InChI=1S/C13H15NO3/c1-8(2)6-13(15)17-10-4-5-11-12(7-10)16-9(3)14-11/h4-5,7-8H,6H2,1-3H3. The third-order valence-corrected chi connectivity index (χ3v) is 2.27. The van der Waals surface area contributed by atoms with E-state index in [4.69, 9.17) is 9.15 Å². The first kappa shape index (κ1) is 11.6. The van der Waals surface area contributed by atoms with Crippen molar-refractivity contribution in [1.29, 1.82) is 0 Å². The van der Waals surface area contributed by atoms with Crippen LogP contribution in [-0.2, 0) is 4.79 Å². The van der Waals surface area contributed by atoms with Gasteiger partial charge in [-0.15, -0.1) is 0 Å². The van der Waals surface area contributed by atoms with Crippen LogP contribution in [0.3, 0.4) is 0 Å². The average Bonchev–Trinajstić information content (AvgIpc) is 2.55. The SMILES string of the molecule is Cc1nc2ccc(OC(=O)CC(C)C)cc2o1. The number of aryl methyl sites for hydroxylation is 1. The van der Waals surface area contributed by atoms with Gasteiger partial charge in [0.1, 0.15) is 11.3 Å². The third kappa shape index (κ3) is 2.84. The van der Waals surface area contributed by atoms with Gasteiger partial charge in [0.15, 0.2) is 11.5 Å². The van der Waals surface area contributed by atoms with Gasteiger partial charge in [-0.2, -0.15) is 0 Å². The molecule has 2 rings (SSSR count). The lowest BCUT2D eigenvalue weighted by Crippen LogP contribution is -2.10. The lowest BCUT2D eigenvalue weighted by atomic mass is 10.1. The first-order chi connectivity index (χ1) is 8.04. The fourth-order valence-corrected chi connectivity index (χ4v) is 1.59. The van der Waals surface area contributed by atoms with Crippen molar-refractivity contribution in [3.63, 3.8) is 0 Å². The molecule has 17 heavy (non-hydrogen) atoms. The Morgan fingerprint density at radius 3 is 2.94 bits per heavy atom. The minimum Gasteiger partial charge on any atom is -0.441 e. The maximum atomic E-state index is 11.5. The number of hydrogen-bond donors (Lipinski definition) is 0. The summed E-state index contributed by atoms with van der Waals surface area (Å²) in [7, 11) is 0. The monoisotopic (exact) mass is 233 g/mol. The van der Waals surface area contributed by atoms with Crippen LogP contribution in [0, 0.1) is 12.8 Å². The lowest BCUT2D eigenvalue weighted by molar-refractivity contribution is -0.135. The van der Waals surface area contributed by atoms with Gasteiger partial charge < -0.3 is 9.15 Å². The number of benzene rings is 1. The van der Waals surface area contributed by atoms with Crippen LogP contribution in [0.1, 0.15) is 26.2 Å². The average molecular weight is 233 g/mol. The van der Waals surface area contributed by atoms with Crippen LogP contribution in [0.4, 0.5) is 0 Å². The second kappa shape index (κ2) is 4.57. The van der Waals surface area contributed by atoms with Gasteiger partial charge in [0.2, 0.25) is 0 Å². The van der Waals surface area contributed by atoms with Crippen LogP contribution in [0.2, 0.25) is 0 Å². The Balaban J connectivity index is 2.16. The molecule has 0 unspecified atom stereocenters. The highest BCUT2D eigenvalue weighted by Gasteiger charge is 2.09. The molecule has 4 heteroatoms. The van der Waals surface area contributed by atoms with E-state index in [0.29, 0.717) is 29.6 Å². The molecule has 0 fully saturated rings. The van der Waals surface area contributed by atoms with E-state index < -0.39 is 0 Å². The Kier molecular flexibility index (Phi) is 3.13. The van der Waals surface area contributed by atoms with Crippen molar-refractivity contribution in [2.24, 2.45) is 5.92 Å². The molecule has 0 atom stereocenters. The first-order valence-electron chi connectivity index (χ1n) is 5.62. The molecule has 1 aromatic heterocycles. The van der Waals surface area contributed by atoms with E-state index in [1.165, 1.54) is 0 Å². The van der Waals surface area contributed by atoms with Gasteiger partial charge in [-0.3, -0.25) is 4.79 Å². The molecular weight excluding hydrogens is 218 g/mol. The summed E-state index contributed by atoms with van der Waals surface area (Å²) in [6.45, 7) is 5.74. The number of esters is 1. The molecule has 0 aliphatic carbocycles. The minimum absolute atomic E-state index is 0.226. The summed E-state index contributed by atoms with van der Waals surface area (Å²) in [4.78, 5) is 15.7. The molecule has 2 aromatic rings. The summed E-state index contributed by atoms with van der Waals surface area (Å²) < 4.78 is 10.6. The van der Waals surface area contributed by atoms with Gasteiger partial charge in [0.25, 0.3) is 0 Å². The number of hydrogen-bond acceptors (Lipinski definition) is 4. The molecule has 0 radical (unpaired) electrons. The zero-order chi connectivity index (χ0) is 12.4. The maximum absolute atomic E-state index is 11.5. The van der Waals surface area contributed by atoms with Crippen LogP contribution in [0.25, 0.3) is 11.1 Å². The van der Waals surface area contributed by atoms with Gasteiger partial charge in [-0.05, 0) is 18.1 Å². The molecule has 0 saturated carbocycles. The number of oxazole rings is 1. The number of nitrogens with zero attached hydrogens (tertiary/aromatic N) is 1. The number of carbonyl (C=O) groups excluding carboxylic acids is 1. The topological polar surface area (TPSA) is 52.3 Å². The molecule has 0 amide bonds. The largest absolute Gasteiger partial charge is 0.441 e. The minimum atomic E-state index is -0.226. The number of rotatable bonds is 3. The summed E-state index contributed by atoms with van der Waals surface area (Å²) in [5.41, 5.74) is 1.41. The zero-order valence-electron chi connectivity index (χ0n) is 10.2. The first-order valence-corrected chi connectivity index (χ1v) is 5.62. The Morgan fingerprint density at radius 1 is 1.47 bits per heavy atom. The normalized spacial score (nSPS) is 11.1. The molecule has 90 valence electrons. The summed E-state index contributed by atoms with van der Waals surface area (Å²) in [6, 6.07) is 5.19. The van der Waals surface area contributed by atoms with Crippen LogP contribution in [-0.4, -0.2) is 11.0 Å². The molecule has 1 heterocycles. The highest BCUT2D eigenvalue weighted by molar-refractivity contribution is 5.77. The van der Waals surface area contributed by atoms with Crippen molar-refractivity contribution >= 4 is 17.1 Å². The second-order valence-electron chi connectivity index (χ2n) is 4.43. The molecule has 4 nitrogen and oxygen atoms in total. The highest BCUT2D eigenvalue weighted by Crippen LogP contribution is 2.21. The number of carbonyl (C=O) groups is 1. The van der Waals surface area contributed by atoms with Crippen LogP contribution in [0.5, 0.6) is 5.75 Å². The van der Waals surface area contributed by atoms with Crippen LogP contribution < -0.4 is 4.74 Å². The summed E-state index contributed by atoms with van der Waals surface area (Å²) >= 11 is 0. The molecule has 0 bridgehead atoms. The number of ether oxygens (including phenoxy) is 1. The highest BCUT2D eigenvalue weighted by atomic mass is 16.5. The van der Waals surface area contributed by atoms with Crippen molar-refractivity contribution in [2.45, 2.75) is 27.2 Å². The van der Waals surface area contributed by atoms with E-state index >= 15 is 0 Å². The van der Waals surface area contributed by atoms with Crippen molar-refractivity contribution < 1.29 is 13.9 Å². The predicted octanol–water partition coefficient (Wildman–Crippen LogP) is 3.09. The van der Waals surface area contributed by atoms with Crippen molar-refractivity contribution in [1.82, 2.24) is 4.98 Å². The van der Waals surface area contributed by atoms with Gasteiger partial charge in [0, 0.05) is 19.4 Å². The summed E-state index contributed by atoms with van der Waals surface area (Å²) in [5, 5.41) is 0. The van der Waals surface area contributed by atoms with E-state index in [-0.39, 0.29) is 5.97 Å². The van der Waals surface area contributed by atoms with E-state index in [0.717, 1.165) is 5.52 Å². The Morgan fingerprint density at radius 2 is 2.24 bits per heavy atom. The maximum Gasteiger partial charge on any atom is 0.311 e. The number of aromatic nitrogens is 1. The van der Waals surface area contributed by atoms with E-state index in [2.05, 4.69) is 4.98 Å². The predicted molar refractivity (Wildman–Crippen MR) is 63.8 cm³/mol. The second-order valence-corrected chi connectivity index (χ2v) is 4.43. The molecule has 1 aromatic carbocycles. The summed E-state index contributed by atoms with van der Waals surface area (Å²) in [6.07, 6.45) is 0.410. The molecular formula is C13H15NO3. The van der Waals surface area contributed by atoms with Gasteiger partial charge in [0.05, 0.1) is 0 Å². The smallest absolute Gasteiger partial charge is 0.311 e. The molecule has 0 saturated heterocycles. The van der Waals surface area contributed by atoms with Crippen molar-refractivity contribution in [3.8, 4) is 5.75 Å². The molecule has 0 N–H and O–H groups in total. The van der Waals surface area contributed by atoms with E-state index in [1.54, 1.807) is 25.1 Å². The van der Waals surface area contributed by atoms with Gasteiger partial charge >= 0.3 is 5.97 Å². The van der Waals surface area contributed by atoms with E-state index in [9.17, 15) is 4.79 Å². The number of fused-ring (bicyclic) bond motifs is 1. The third-order valence-electron chi connectivity index (χ3n) is 2.27.